The van der Waals surface area contributed by atoms with Crippen molar-refractivity contribution in [2.45, 2.75) is 6.54 Å². The summed E-state index contributed by atoms with van der Waals surface area (Å²) in [6.45, 7) is 0.869. The van der Waals surface area contributed by atoms with E-state index in [0.717, 1.165) is 23.2 Å². The smallest absolute Gasteiger partial charge is 0.115 e. The Morgan fingerprint density at radius 1 is 1.17 bits per heavy atom. The van der Waals surface area contributed by atoms with E-state index in [9.17, 15) is 0 Å². The van der Waals surface area contributed by atoms with Gasteiger partial charge in [-0.3, -0.25) is 0 Å². The van der Waals surface area contributed by atoms with Gasteiger partial charge in [-0.05, 0) is 24.2 Å². The number of nitrogens with zero attached hydrogens (tertiary/aromatic N) is 2. The van der Waals surface area contributed by atoms with Crippen LogP contribution in [0.4, 0.5) is 0 Å². The molecule has 0 aliphatic heterocycles. The van der Waals surface area contributed by atoms with Gasteiger partial charge in [0.05, 0.1) is 0 Å². The zero-order valence-corrected chi connectivity index (χ0v) is 10.1. The van der Waals surface area contributed by atoms with Crippen molar-refractivity contribution in [2.75, 3.05) is 7.05 Å². The predicted octanol–water partition coefficient (Wildman–Crippen LogP) is 2.34. The fraction of sp³-hybridized carbons (Fsp3) is 0.143. The summed E-state index contributed by atoms with van der Waals surface area (Å²) >= 11 is 0. The van der Waals surface area contributed by atoms with Gasteiger partial charge in [0.2, 0.25) is 0 Å². The molecule has 0 fully saturated rings. The van der Waals surface area contributed by atoms with Crippen molar-refractivity contribution < 1.29 is 0 Å². The van der Waals surface area contributed by atoms with Gasteiger partial charge < -0.3 is 10.3 Å². The maximum absolute atomic E-state index is 4.04. The lowest BCUT2D eigenvalue weighted by Crippen LogP contribution is -2.03. The maximum atomic E-state index is 4.04. The molecule has 2 N–H and O–H groups in total. The second kappa shape index (κ2) is 4.58. The van der Waals surface area contributed by atoms with Gasteiger partial charge in [0.1, 0.15) is 6.33 Å². The van der Waals surface area contributed by atoms with Crippen LogP contribution < -0.4 is 5.32 Å². The van der Waals surface area contributed by atoms with E-state index in [0.29, 0.717) is 0 Å². The molecule has 0 unspecified atom stereocenters. The topological polar surface area (TPSA) is 53.6 Å². The number of benzene rings is 1. The first-order valence-electron chi connectivity index (χ1n) is 5.88. The molecule has 0 bridgehead atoms. The highest BCUT2D eigenvalue weighted by molar-refractivity contribution is 5.87. The van der Waals surface area contributed by atoms with E-state index in [-0.39, 0.29) is 0 Å². The number of hydrogen-bond donors (Lipinski definition) is 2. The van der Waals surface area contributed by atoms with Crippen LogP contribution in [-0.4, -0.2) is 22.0 Å². The van der Waals surface area contributed by atoms with Gasteiger partial charge in [0.15, 0.2) is 0 Å². The molecule has 0 saturated heterocycles. The Hall–Kier alpha value is -2.20. The molecule has 0 atom stereocenters. The van der Waals surface area contributed by atoms with E-state index in [1.165, 1.54) is 10.9 Å². The van der Waals surface area contributed by atoms with Crippen molar-refractivity contribution in [3.05, 3.63) is 48.7 Å². The van der Waals surface area contributed by atoms with Crippen LogP contribution in [0.15, 0.2) is 43.1 Å². The number of aromatic amines is 1. The van der Waals surface area contributed by atoms with Gasteiger partial charge in [-0.15, -0.1) is 0 Å². The molecule has 0 spiro atoms. The van der Waals surface area contributed by atoms with E-state index in [4.69, 9.17) is 0 Å². The highest BCUT2D eigenvalue weighted by Gasteiger charge is 2.05. The lowest BCUT2D eigenvalue weighted by atomic mass is 10.1. The second-order valence-corrected chi connectivity index (χ2v) is 4.23. The SMILES string of the molecule is CNCc1c[nH]c2cc(-c3cncnc3)ccc12. The van der Waals surface area contributed by atoms with Crippen LogP contribution >= 0.6 is 0 Å². The summed E-state index contributed by atoms with van der Waals surface area (Å²) in [7, 11) is 1.95. The van der Waals surface area contributed by atoms with Crippen molar-refractivity contribution in [3.63, 3.8) is 0 Å². The minimum Gasteiger partial charge on any atom is -0.361 e. The molecule has 0 saturated carbocycles. The standard InChI is InChI=1S/C14H14N4/c1-15-5-12-8-18-14-4-10(2-3-13(12)14)11-6-16-9-17-7-11/h2-4,6-9,15,18H,5H2,1H3. The summed E-state index contributed by atoms with van der Waals surface area (Å²) in [5.41, 5.74) is 4.58. The largest absolute Gasteiger partial charge is 0.361 e. The predicted molar refractivity (Wildman–Crippen MR) is 72.1 cm³/mol. The second-order valence-electron chi connectivity index (χ2n) is 4.23. The summed E-state index contributed by atoms with van der Waals surface area (Å²) in [5.74, 6) is 0. The molecular formula is C14H14N4. The summed E-state index contributed by atoms with van der Waals surface area (Å²) in [6, 6.07) is 6.38. The van der Waals surface area contributed by atoms with Crippen molar-refractivity contribution in [2.24, 2.45) is 0 Å². The van der Waals surface area contributed by atoms with Crippen LogP contribution in [0.1, 0.15) is 5.56 Å². The molecule has 2 aromatic heterocycles. The number of H-pyrrole nitrogens is 1. The van der Waals surface area contributed by atoms with Gasteiger partial charge >= 0.3 is 0 Å². The first-order valence-corrected chi connectivity index (χ1v) is 5.88. The average Bonchev–Trinajstić information content (AvgIpc) is 2.83. The Labute approximate surface area is 105 Å². The third-order valence-corrected chi connectivity index (χ3v) is 3.03. The van der Waals surface area contributed by atoms with Crippen LogP contribution in [0.3, 0.4) is 0 Å². The first-order chi connectivity index (χ1) is 8.88. The highest BCUT2D eigenvalue weighted by atomic mass is 14.8. The molecule has 0 aliphatic carbocycles. The van der Waals surface area contributed by atoms with E-state index >= 15 is 0 Å². The van der Waals surface area contributed by atoms with Gasteiger partial charge in [0.25, 0.3) is 0 Å². The number of fused-ring (bicyclic) bond motifs is 1. The van der Waals surface area contributed by atoms with E-state index in [1.54, 1.807) is 6.33 Å². The lowest BCUT2D eigenvalue weighted by Gasteiger charge is -2.01. The molecule has 3 aromatic rings. The normalized spacial score (nSPS) is 10.9. The van der Waals surface area contributed by atoms with Crippen molar-refractivity contribution in [1.29, 1.82) is 0 Å². The zero-order valence-electron chi connectivity index (χ0n) is 10.1. The van der Waals surface area contributed by atoms with Gasteiger partial charge in [-0.2, -0.15) is 0 Å². The van der Waals surface area contributed by atoms with Gasteiger partial charge in [-0.25, -0.2) is 9.97 Å². The molecule has 2 heterocycles. The quantitative estimate of drug-likeness (QED) is 0.736. The third-order valence-electron chi connectivity index (χ3n) is 3.03. The number of nitrogens with one attached hydrogen (secondary N) is 2. The fourth-order valence-corrected chi connectivity index (χ4v) is 2.15. The van der Waals surface area contributed by atoms with Crippen LogP contribution in [0.2, 0.25) is 0 Å². The average molecular weight is 238 g/mol. The summed E-state index contributed by atoms with van der Waals surface area (Å²) < 4.78 is 0. The molecule has 0 amide bonds. The van der Waals surface area contributed by atoms with Gasteiger partial charge in [-0.1, -0.05) is 12.1 Å². The summed E-state index contributed by atoms with van der Waals surface area (Å²) in [6.07, 6.45) is 7.24. The Kier molecular flexibility index (Phi) is 2.78. The van der Waals surface area contributed by atoms with E-state index < -0.39 is 0 Å². The van der Waals surface area contributed by atoms with Crippen LogP contribution in [0.5, 0.6) is 0 Å². The zero-order chi connectivity index (χ0) is 12.4. The van der Waals surface area contributed by atoms with E-state index in [2.05, 4.69) is 38.5 Å². The monoisotopic (exact) mass is 238 g/mol. The molecule has 90 valence electrons. The molecule has 18 heavy (non-hydrogen) atoms. The summed E-state index contributed by atoms with van der Waals surface area (Å²) in [5, 5.41) is 4.42. The summed E-state index contributed by atoms with van der Waals surface area (Å²) in [4.78, 5) is 11.4. The Balaban J connectivity index is 2.07. The fourth-order valence-electron chi connectivity index (χ4n) is 2.15. The van der Waals surface area contributed by atoms with E-state index in [1.807, 2.05) is 25.6 Å². The number of hydrogen-bond acceptors (Lipinski definition) is 3. The minimum absolute atomic E-state index is 0.869. The van der Waals surface area contributed by atoms with Crippen LogP contribution in [0, 0.1) is 0 Å². The lowest BCUT2D eigenvalue weighted by molar-refractivity contribution is 0.823. The van der Waals surface area contributed by atoms with Crippen LogP contribution in [0.25, 0.3) is 22.0 Å². The molecule has 3 rings (SSSR count). The van der Waals surface area contributed by atoms with Crippen molar-refractivity contribution >= 4 is 10.9 Å². The minimum atomic E-state index is 0.869. The number of aromatic nitrogens is 3. The molecule has 4 heteroatoms. The van der Waals surface area contributed by atoms with Crippen molar-refractivity contribution in [1.82, 2.24) is 20.3 Å². The molecule has 4 nitrogen and oxygen atoms in total. The first kappa shape index (κ1) is 10.9. The maximum Gasteiger partial charge on any atom is 0.115 e. The molecule has 0 aliphatic rings. The Bertz CT molecular complexity index is 658. The molecular weight excluding hydrogens is 224 g/mol. The molecule has 1 aromatic carbocycles. The highest BCUT2D eigenvalue weighted by Crippen LogP contribution is 2.25. The Morgan fingerprint density at radius 3 is 2.78 bits per heavy atom. The Morgan fingerprint density at radius 2 is 2.00 bits per heavy atom. The van der Waals surface area contributed by atoms with Gasteiger partial charge in [0, 0.05) is 41.6 Å². The third kappa shape index (κ3) is 1.87. The van der Waals surface area contributed by atoms with Crippen LogP contribution in [-0.2, 0) is 6.54 Å². The number of rotatable bonds is 3. The van der Waals surface area contributed by atoms with Crippen molar-refractivity contribution in [3.8, 4) is 11.1 Å². The molecule has 0 radical (unpaired) electrons.